The Morgan fingerprint density at radius 2 is 1.43 bits per heavy atom. The van der Waals surface area contributed by atoms with Crippen molar-refractivity contribution >= 4 is 18.0 Å². The van der Waals surface area contributed by atoms with E-state index >= 15 is 0 Å². The number of rotatable bonds is 3. The fourth-order valence-electron chi connectivity index (χ4n) is 3.83. The SMILES string of the molecule is Cc1cc(C=NN2C(=O)c3ccccc3C2=O)c(C)n1-c1ccc(C(C)(C)C)cc1. The number of nitrogens with zero attached hydrogens (tertiary/aromatic N) is 3. The maximum Gasteiger partial charge on any atom is 0.282 e. The Balaban J connectivity index is 1.63. The summed E-state index contributed by atoms with van der Waals surface area (Å²) in [5.74, 6) is -0.781. The second-order valence-electron chi connectivity index (χ2n) is 8.67. The highest BCUT2D eigenvalue weighted by Crippen LogP contribution is 2.26. The van der Waals surface area contributed by atoms with Crippen molar-refractivity contribution in [3.8, 4) is 5.69 Å². The molecule has 0 saturated heterocycles. The summed E-state index contributed by atoms with van der Waals surface area (Å²) in [6.45, 7) is 10.6. The first-order chi connectivity index (χ1) is 14.2. The number of hydrogen-bond donors (Lipinski definition) is 0. The fourth-order valence-corrected chi connectivity index (χ4v) is 3.83. The number of benzene rings is 2. The van der Waals surface area contributed by atoms with Gasteiger partial charge in [0, 0.05) is 22.6 Å². The van der Waals surface area contributed by atoms with Crippen molar-refractivity contribution in [1.29, 1.82) is 0 Å². The van der Waals surface area contributed by atoms with Crippen LogP contribution in [0, 0.1) is 13.8 Å². The van der Waals surface area contributed by atoms with Crippen molar-refractivity contribution in [1.82, 2.24) is 9.58 Å². The molecule has 0 saturated carbocycles. The first-order valence-corrected chi connectivity index (χ1v) is 10.00. The van der Waals surface area contributed by atoms with Crippen molar-refractivity contribution in [2.45, 2.75) is 40.0 Å². The van der Waals surface area contributed by atoms with E-state index in [9.17, 15) is 9.59 Å². The number of aryl methyl sites for hydroxylation is 1. The lowest BCUT2D eigenvalue weighted by atomic mass is 9.87. The van der Waals surface area contributed by atoms with Crippen LogP contribution in [0.1, 0.15) is 64.0 Å². The summed E-state index contributed by atoms with van der Waals surface area (Å²) in [4.78, 5) is 25.0. The van der Waals surface area contributed by atoms with E-state index in [2.05, 4.69) is 54.7 Å². The largest absolute Gasteiger partial charge is 0.318 e. The van der Waals surface area contributed by atoms with Crippen molar-refractivity contribution in [2.75, 3.05) is 0 Å². The van der Waals surface area contributed by atoms with E-state index in [1.807, 2.05) is 19.9 Å². The van der Waals surface area contributed by atoms with E-state index in [0.29, 0.717) is 11.1 Å². The molecule has 1 aliphatic rings. The normalized spacial score (nSPS) is 14.1. The molecular formula is C25H25N3O2. The van der Waals surface area contributed by atoms with Gasteiger partial charge in [-0.2, -0.15) is 10.1 Å². The lowest BCUT2D eigenvalue weighted by Gasteiger charge is -2.20. The molecule has 30 heavy (non-hydrogen) atoms. The van der Waals surface area contributed by atoms with Crippen LogP contribution in [-0.2, 0) is 5.41 Å². The molecule has 0 N–H and O–H groups in total. The number of amides is 2. The minimum absolute atomic E-state index is 0.101. The average Bonchev–Trinajstić information content (AvgIpc) is 3.13. The molecule has 5 heteroatoms. The van der Waals surface area contributed by atoms with Gasteiger partial charge in [0.05, 0.1) is 17.3 Å². The van der Waals surface area contributed by atoms with Crippen molar-refractivity contribution < 1.29 is 9.59 Å². The minimum Gasteiger partial charge on any atom is -0.318 e. The predicted octanol–water partition coefficient (Wildman–Crippen LogP) is 5.02. The molecule has 2 aromatic carbocycles. The molecule has 0 bridgehead atoms. The van der Waals surface area contributed by atoms with E-state index in [1.54, 1.807) is 30.5 Å². The smallest absolute Gasteiger partial charge is 0.282 e. The number of carbonyl (C=O) groups excluding carboxylic acids is 2. The predicted molar refractivity (Wildman–Crippen MR) is 118 cm³/mol. The lowest BCUT2D eigenvalue weighted by molar-refractivity contribution is 0.0660. The number of imide groups is 1. The zero-order chi connectivity index (χ0) is 21.6. The molecular weight excluding hydrogens is 374 g/mol. The molecule has 0 atom stereocenters. The average molecular weight is 399 g/mol. The fraction of sp³-hybridized carbons (Fsp3) is 0.240. The molecule has 152 valence electrons. The highest BCUT2D eigenvalue weighted by atomic mass is 16.2. The third-order valence-corrected chi connectivity index (χ3v) is 5.55. The van der Waals surface area contributed by atoms with Crippen LogP contribution in [0.25, 0.3) is 5.69 Å². The summed E-state index contributed by atoms with van der Waals surface area (Å²) in [5, 5.41) is 5.16. The van der Waals surface area contributed by atoms with E-state index in [-0.39, 0.29) is 5.41 Å². The maximum atomic E-state index is 12.5. The van der Waals surface area contributed by atoms with Gasteiger partial charge in [-0.05, 0) is 55.2 Å². The second kappa shape index (κ2) is 7.10. The summed E-state index contributed by atoms with van der Waals surface area (Å²) in [7, 11) is 0. The first kappa shape index (κ1) is 19.8. The quantitative estimate of drug-likeness (QED) is 0.459. The molecule has 5 nitrogen and oxygen atoms in total. The van der Waals surface area contributed by atoms with Crippen LogP contribution < -0.4 is 0 Å². The van der Waals surface area contributed by atoms with Crippen LogP contribution in [0.15, 0.2) is 59.7 Å². The Kier molecular flexibility index (Phi) is 4.69. The number of fused-ring (bicyclic) bond motifs is 1. The van der Waals surface area contributed by atoms with Gasteiger partial charge in [-0.1, -0.05) is 45.0 Å². The van der Waals surface area contributed by atoms with E-state index < -0.39 is 11.8 Å². The Labute approximate surface area is 176 Å². The van der Waals surface area contributed by atoms with Gasteiger partial charge in [0.2, 0.25) is 0 Å². The lowest BCUT2D eigenvalue weighted by Crippen LogP contribution is -2.24. The summed E-state index contributed by atoms with van der Waals surface area (Å²) in [6.07, 6.45) is 1.59. The standard InChI is InChI=1S/C25H25N3O2/c1-16-14-18(15-26-28-23(29)21-8-6-7-9-22(21)24(28)30)17(2)27(16)20-12-10-19(11-13-20)25(3,4)5/h6-15H,1-5H3. The molecule has 4 rings (SSSR count). The Hall–Kier alpha value is -3.47. The van der Waals surface area contributed by atoms with E-state index in [0.717, 1.165) is 27.6 Å². The maximum absolute atomic E-state index is 12.5. The van der Waals surface area contributed by atoms with Gasteiger partial charge >= 0.3 is 0 Å². The van der Waals surface area contributed by atoms with Gasteiger partial charge in [0.15, 0.2) is 0 Å². The van der Waals surface area contributed by atoms with Crippen LogP contribution in [-0.4, -0.2) is 27.6 Å². The zero-order valence-electron chi connectivity index (χ0n) is 17.9. The van der Waals surface area contributed by atoms with Gasteiger partial charge in [-0.3, -0.25) is 9.59 Å². The van der Waals surface area contributed by atoms with Crippen LogP contribution >= 0.6 is 0 Å². The van der Waals surface area contributed by atoms with Gasteiger partial charge in [-0.15, -0.1) is 0 Å². The number of carbonyl (C=O) groups is 2. The summed E-state index contributed by atoms with van der Waals surface area (Å²) in [5.41, 5.74) is 6.15. The Morgan fingerprint density at radius 3 is 1.97 bits per heavy atom. The zero-order valence-corrected chi connectivity index (χ0v) is 17.9. The van der Waals surface area contributed by atoms with Crippen LogP contribution in [0.4, 0.5) is 0 Å². The highest BCUT2D eigenvalue weighted by Gasteiger charge is 2.35. The number of aromatic nitrogens is 1. The molecule has 1 aliphatic heterocycles. The van der Waals surface area contributed by atoms with Crippen molar-refractivity contribution in [3.63, 3.8) is 0 Å². The van der Waals surface area contributed by atoms with Gasteiger partial charge in [-0.25, -0.2) is 0 Å². The van der Waals surface area contributed by atoms with Gasteiger partial charge < -0.3 is 4.57 Å². The van der Waals surface area contributed by atoms with E-state index in [1.165, 1.54) is 5.56 Å². The summed E-state index contributed by atoms with van der Waals surface area (Å²) >= 11 is 0. The number of hydrogen-bond acceptors (Lipinski definition) is 3. The van der Waals surface area contributed by atoms with Crippen LogP contribution in [0.5, 0.6) is 0 Å². The molecule has 0 aliphatic carbocycles. The first-order valence-electron chi connectivity index (χ1n) is 10.00. The third-order valence-electron chi connectivity index (χ3n) is 5.55. The van der Waals surface area contributed by atoms with Gasteiger partial charge in [0.25, 0.3) is 11.8 Å². The van der Waals surface area contributed by atoms with Crippen molar-refractivity contribution in [3.05, 3.63) is 88.2 Å². The highest BCUT2D eigenvalue weighted by molar-refractivity contribution is 6.21. The molecule has 1 aromatic heterocycles. The van der Waals surface area contributed by atoms with Gasteiger partial charge in [0.1, 0.15) is 0 Å². The molecule has 0 spiro atoms. The number of hydrazone groups is 1. The Morgan fingerprint density at radius 1 is 0.867 bits per heavy atom. The molecule has 0 unspecified atom stereocenters. The molecule has 2 heterocycles. The monoisotopic (exact) mass is 399 g/mol. The Bertz CT molecular complexity index is 1140. The van der Waals surface area contributed by atoms with E-state index in [4.69, 9.17) is 0 Å². The summed E-state index contributed by atoms with van der Waals surface area (Å²) < 4.78 is 2.15. The third kappa shape index (κ3) is 3.26. The van der Waals surface area contributed by atoms with Crippen LogP contribution in [0.3, 0.4) is 0 Å². The molecule has 2 amide bonds. The molecule has 0 fully saturated rings. The molecule has 0 radical (unpaired) electrons. The topological polar surface area (TPSA) is 54.7 Å². The van der Waals surface area contributed by atoms with Crippen LogP contribution in [0.2, 0.25) is 0 Å². The molecule has 3 aromatic rings. The minimum atomic E-state index is -0.390. The second-order valence-corrected chi connectivity index (χ2v) is 8.67. The summed E-state index contributed by atoms with van der Waals surface area (Å²) in [6, 6.07) is 17.3. The van der Waals surface area contributed by atoms with Crippen molar-refractivity contribution in [2.24, 2.45) is 5.10 Å².